The highest BCUT2D eigenvalue weighted by Crippen LogP contribution is 2.30. The molecule has 0 aliphatic carbocycles. The maximum atomic E-state index is 14.8. The van der Waals surface area contributed by atoms with Crippen LogP contribution in [0.3, 0.4) is 0 Å². The van der Waals surface area contributed by atoms with Crippen molar-refractivity contribution in [1.82, 2.24) is 24.5 Å². The fourth-order valence-corrected chi connectivity index (χ4v) is 4.01. The molecule has 11 heteroatoms. The molecular weight excluding hydrogens is 457 g/mol. The fraction of sp³-hybridized carbons (Fsp3) is 0.0909. The molecule has 0 radical (unpaired) electrons. The minimum absolute atomic E-state index is 0.188. The van der Waals surface area contributed by atoms with Crippen LogP contribution in [0, 0.1) is 17.5 Å². The molecule has 0 fully saturated rings. The molecule has 0 aliphatic heterocycles. The zero-order valence-corrected chi connectivity index (χ0v) is 17.7. The molecule has 0 aliphatic rings. The number of fused-ring (bicyclic) bond motifs is 2. The van der Waals surface area contributed by atoms with Crippen molar-refractivity contribution in [2.45, 2.75) is 13.0 Å². The quantitative estimate of drug-likeness (QED) is 0.390. The molecule has 0 bridgehead atoms. The second kappa shape index (κ2) is 7.89. The summed E-state index contributed by atoms with van der Waals surface area (Å²) < 4.78 is 44.5. The van der Waals surface area contributed by atoms with E-state index in [-0.39, 0.29) is 11.1 Å². The Morgan fingerprint density at radius 3 is 2.58 bits per heavy atom. The van der Waals surface area contributed by atoms with E-state index >= 15 is 0 Å². The van der Waals surface area contributed by atoms with Gasteiger partial charge in [-0.25, -0.2) is 28.1 Å². The Balaban J connectivity index is 1.78. The van der Waals surface area contributed by atoms with Crippen molar-refractivity contribution in [3.8, 4) is 5.69 Å². The Kier molecular flexibility index (Phi) is 5.01. The largest absolute Gasteiger partial charge is 0.360 e. The normalized spacial score (nSPS) is 12.4. The maximum Gasteiger partial charge on any atom is 0.265 e. The number of H-pyrrole nitrogens is 1. The van der Waals surface area contributed by atoms with Crippen LogP contribution in [-0.4, -0.2) is 24.5 Å². The molecule has 3 aromatic heterocycles. The molecule has 166 valence electrons. The molecule has 0 spiro atoms. The number of imidazole rings is 1. The van der Waals surface area contributed by atoms with Gasteiger partial charge in [-0.05, 0) is 36.6 Å². The van der Waals surface area contributed by atoms with E-state index in [4.69, 9.17) is 11.6 Å². The summed E-state index contributed by atoms with van der Waals surface area (Å²) in [6.07, 6.45) is 2.77. The van der Waals surface area contributed by atoms with E-state index in [9.17, 15) is 18.0 Å². The van der Waals surface area contributed by atoms with E-state index in [0.717, 1.165) is 22.8 Å². The van der Waals surface area contributed by atoms with Crippen LogP contribution in [0.15, 0.2) is 53.8 Å². The van der Waals surface area contributed by atoms with Gasteiger partial charge in [0.1, 0.15) is 35.0 Å². The van der Waals surface area contributed by atoms with Gasteiger partial charge in [0.25, 0.3) is 5.56 Å². The van der Waals surface area contributed by atoms with Gasteiger partial charge in [-0.1, -0.05) is 23.7 Å². The summed E-state index contributed by atoms with van der Waals surface area (Å²) in [6, 6.07) is 6.58. The first kappa shape index (κ1) is 21.0. The monoisotopic (exact) mass is 470 g/mol. The first-order valence-electron chi connectivity index (χ1n) is 9.75. The van der Waals surface area contributed by atoms with Crippen molar-refractivity contribution in [3.63, 3.8) is 0 Å². The lowest BCUT2D eigenvalue weighted by molar-refractivity contribution is 0.561. The molecule has 2 N–H and O–H groups in total. The standard InChI is InChI=1S/C22H14ClF3N6O/c1-10(31-21-18-20(28-8-27-18)29-9-30-21)15-7-11-5-6-12(24)17(23)16(11)22(33)32(15)19-13(25)3-2-4-14(19)26/h2-10H,1H3,(H2,27,28,29,30,31)/t10-/m1/s1. The summed E-state index contributed by atoms with van der Waals surface area (Å²) in [5.74, 6) is -2.40. The number of nitrogens with zero attached hydrogens (tertiary/aromatic N) is 4. The Labute approximate surface area is 188 Å². The summed E-state index contributed by atoms with van der Waals surface area (Å²) in [4.78, 5) is 28.7. The van der Waals surface area contributed by atoms with Crippen molar-refractivity contribution in [1.29, 1.82) is 0 Å². The van der Waals surface area contributed by atoms with Crippen molar-refractivity contribution < 1.29 is 13.2 Å². The van der Waals surface area contributed by atoms with Gasteiger partial charge in [0.15, 0.2) is 11.5 Å². The number of halogens is 4. The third kappa shape index (κ3) is 3.39. The number of benzene rings is 2. The lowest BCUT2D eigenvalue weighted by Crippen LogP contribution is -2.27. The van der Waals surface area contributed by atoms with Gasteiger partial charge in [0, 0.05) is 5.69 Å². The molecule has 0 unspecified atom stereocenters. The highest BCUT2D eigenvalue weighted by Gasteiger charge is 2.23. The van der Waals surface area contributed by atoms with Crippen LogP contribution in [0.4, 0.5) is 19.0 Å². The molecule has 33 heavy (non-hydrogen) atoms. The molecule has 0 saturated carbocycles. The van der Waals surface area contributed by atoms with Crippen LogP contribution in [-0.2, 0) is 0 Å². The van der Waals surface area contributed by atoms with Crippen molar-refractivity contribution in [2.75, 3.05) is 5.32 Å². The van der Waals surface area contributed by atoms with Crippen LogP contribution >= 0.6 is 11.6 Å². The number of aromatic amines is 1. The Bertz CT molecular complexity index is 1580. The topological polar surface area (TPSA) is 88.5 Å². The second-order valence-electron chi connectivity index (χ2n) is 7.29. The lowest BCUT2D eigenvalue weighted by atomic mass is 10.1. The van der Waals surface area contributed by atoms with Gasteiger partial charge in [-0.2, -0.15) is 0 Å². The predicted molar refractivity (Wildman–Crippen MR) is 118 cm³/mol. The molecular formula is C22H14ClF3N6O. The van der Waals surface area contributed by atoms with Crippen molar-refractivity contribution >= 4 is 39.4 Å². The third-order valence-electron chi connectivity index (χ3n) is 5.28. The summed E-state index contributed by atoms with van der Waals surface area (Å²) in [7, 11) is 0. The van der Waals surface area contributed by atoms with Crippen LogP contribution in [0.25, 0.3) is 27.6 Å². The average Bonchev–Trinajstić information content (AvgIpc) is 3.27. The van der Waals surface area contributed by atoms with Gasteiger partial charge in [0.2, 0.25) is 0 Å². The van der Waals surface area contributed by atoms with Gasteiger partial charge < -0.3 is 10.3 Å². The van der Waals surface area contributed by atoms with Gasteiger partial charge in [-0.3, -0.25) is 9.36 Å². The zero-order valence-electron chi connectivity index (χ0n) is 16.9. The van der Waals surface area contributed by atoms with E-state index < -0.39 is 39.8 Å². The molecule has 0 amide bonds. The molecule has 5 rings (SSSR count). The van der Waals surface area contributed by atoms with E-state index in [1.807, 2.05) is 0 Å². The SMILES string of the molecule is C[C@@H](Nc1ncnc2[nH]cnc12)c1cc2ccc(F)c(Cl)c2c(=O)n1-c1c(F)cccc1F. The van der Waals surface area contributed by atoms with Gasteiger partial charge in [0.05, 0.1) is 22.8 Å². The summed E-state index contributed by atoms with van der Waals surface area (Å²) in [5, 5.41) is 2.81. The number of aromatic nitrogens is 5. The smallest absolute Gasteiger partial charge is 0.265 e. The minimum atomic E-state index is -0.964. The summed E-state index contributed by atoms with van der Waals surface area (Å²) in [5.41, 5.74) is -0.334. The third-order valence-corrected chi connectivity index (χ3v) is 5.65. The van der Waals surface area contributed by atoms with Gasteiger partial charge >= 0.3 is 0 Å². The Morgan fingerprint density at radius 2 is 1.82 bits per heavy atom. The molecule has 7 nitrogen and oxygen atoms in total. The van der Waals surface area contributed by atoms with Crippen molar-refractivity contribution in [2.24, 2.45) is 0 Å². The first-order chi connectivity index (χ1) is 15.9. The molecule has 0 saturated heterocycles. The summed E-state index contributed by atoms with van der Waals surface area (Å²) >= 11 is 6.06. The predicted octanol–water partition coefficient (Wildman–Crippen LogP) is 4.90. The van der Waals surface area contributed by atoms with Crippen molar-refractivity contribution in [3.05, 3.63) is 87.6 Å². The number of anilines is 1. The second-order valence-corrected chi connectivity index (χ2v) is 7.67. The molecule has 5 aromatic rings. The number of pyridine rings is 1. The molecule has 3 heterocycles. The fourth-order valence-electron chi connectivity index (χ4n) is 3.76. The minimum Gasteiger partial charge on any atom is -0.360 e. The van der Waals surface area contributed by atoms with Crippen LogP contribution in [0.1, 0.15) is 18.7 Å². The van der Waals surface area contributed by atoms with E-state index in [0.29, 0.717) is 22.4 Å². The highest BCUT2D eigenvalue weighted by atomic mass is 35.5. The average molecular weight is 471 g/mol. The molecule has 1 atom stereocenters. The van der Waals surface area contributed by atoms with Crippen LogP contribution in [0.2, 0.25) is 5.02 Å². The number of para-hydroxylation sites is 1. The van der Waals surface area contributed by atoms with Gasteiger partial charge in [-0.15, -0.1) is 0 Å². The molecule has 2 aromatic carbocycles. The van der Waals surface area contributed by atoms with E-state index in [1.165, 1.54) is 30.9 Å². The Morgan fingerprint density at radius 1 is 1.06 bits per heavy atom. The van der Waals surface area contributed by atoms with E-state index in [1.54, 1.807) is 6.92 Å². The number of hydrogen-bond acceptors (Lipinski definition) is 5. The first-order valence-corrected chi connectivity index (χ1v) is 10.1. The number of rotatable bonds is 4. The maximum absolute atomic E-state index is 14.8. The highest BCUT2D eigenvalue weighted by molar-refractivity contribution is 6.35. The number of nitrogens with one attached hydrogen (secondary N) is 2. The summed E-state index contributed by atoms with van der Waals surface area (Å²) in [6.45, 7) is 1.68. The lowest BCUT2D eigenvalue weighted by Gasteiger charge is -2.22. The zero-order chi connectivity index (χ0) is 23.3. The Hall–Kier alpha value is -3.92. The van der Waals surface area contributed by atoms with Crippen LogP contribution < -0.4 is 10.9 Å². The van der Waals surface area contributed by atoms with E-state index in [2.05, 4.69) is 25.3 Å². The van der Waals surface area contributed by atoms with Crippen LogP contribution in [0.5, 0.6) is 0 Å². The number of hydrogen-bond donors (Lipinski definition) is 2.